The van der Waals surface area contributed by atoms with Crippen molar-refractivity contribution in [1.82, 2.24) is 4.90 Å². The lowest BCUT2D eigenvalue weighted by Crippen LogP contribution is -2.28. The molecule has 1 rings (SSSR count). The second-order valence-electron chi connectivity index (χ2n) is 4.23. The lowest BCUT2D eigenvalue weighted by atomic mass is 10.2. The van der Waals surface area contributed by atoms with Crippen LogP contribution in [0.1, 0.15) is 22.6 Å². The molecule has 1 heterocycles. The van der Waals surface area contributed by atoms with E-state index in [-0.39, 0.29) is 6.10 Å². The summed E-state index contributed by atoms with van der Waals surface area (Å²) in [5.74, 6) is 0. The lowest BCUT2D eigenvalue weighted by Gasteiger charge is -2.19. The summed E-state index contributed by atoms with van der Waals surface area (Å²) in [7, 11) is 2.05. The molecule has 0 spiro atoms. The van der Waals surface area contributed by atoms with Crippen LogP contribution in [0.15, 0.2) is 24.8 Å². The highest BCUT2D eigenvalue weighted by atomic mass is 32.1. The lowest BCUT2D eigenvalue weighted by molar-refractivity contribution is 0.116. The number of aliphatic hydroxyl groups excluding tert-OH is 1. The van der Waals surface area contributed by atoms with Gasteiger partial charge >= 0.3 is 0 Å². The summed E-state index contributed by atoms with van der Waals surface area (Å²) < 4.78 is 0. The van der Waals surface area contributed by atoms with Crippen LogP contribution in [0.3, 0.4) is 0 Å². The van der Waals surface area contributed by atoms with Gasteiger partial charge in [0, 0.05) is 22.8 Å². The van der Waals surface area contributed by atoms with Gasteiger partial charge in [-0.05, 0) is 38.9 Å². The Morgan fingerprint density at radius 3 is 2.88 bits per heavy atom. The minimum absolute atomic E-state index is 0.246. The van der Waals surface area contributed by atoms with Crippen LogP contribution in [0.4, 0.5) is 0 Å². The average Bonchev–Trinajstić information content (AvgIpc) is 2.60. The Hall–Kier alpha value is -0.640. The fraction of sp³-hybridized carbons (Fsp3) is 0.538. The molecule has 1 unspecified atom stereocenters. The van der Waals surface area contributed by atoms with Crippen LogP contribution in [0.5, 0.6) is 0 Å². The van der Waals surface area contributed by atoms with Gasteiger partial charge in [-0.15, -0.1) is 17.9 Å². The smallest absolute Gasteiger partial charge is 0.0670 e. The number of nitrogens with zero attached hydrogens (tertiary/aromatic N) is 1. The van der Waals surface area contributed by atoms with Crippen LogP contribution in [0, 0.1) is 6.92 Å². The number of aryl methyl sites for hydroxylation is 1. The third-order valence-corrected chi connectivity index (χ3v) is 3.43. The van der Waals surface area contributed by atoms with E-state index in [1.165, 1.54) is 9.75 Å². The van der Waals surface area contributed by atoms with Gasteiger partial charge in [-0.25, -0.2) is 0 Å². The van der Waals surface area contributed by atoms with E-state index in [4.69, 9.17) is 0 Å². The molecule has 0 amide bonds. The first-order valence-corrected chi connectivity index (χ1v) is 6.46. The van der Waals surface area contributed by atoms with E-state index in [0.717, 1.165) is 25.9 Å². The van der Waals surface area contributed by atoms with E-state index >= 15 is 0 Å². The zero-order valence-corrected chi connectivity index (χ0v) is 11.0. The van der Waals surface area contributed by atoms with E-state index in [1.807, 2.05) is 24.5 Å². The summed E-state index contributed by atoms with van der Waals surface area (Å²) in [6, 6.07) is 4.30. The van der Waals surface area contributed by atoms with Crippen LogP contribution >= 0.6 is 11.3 Å². The van der Waals surface area contributed by atoms with Crippen molar-refractivity contribution in [3.8, 4) is 0 Å². The quantitative estimate of drug-likeness (QED) is 0.740. The molecule has 2 nitrogen and oxygen atoms in total. The molecule has 1 aromatic heterocycles. The Morgan fingerprint density at radius 2 is 2.31 bits per heavy atom. The topological polar surface area (TPSA) is 23.5 Å². The molecule has 0 aliphatic carbocycles. The second-order valence-corrected chi connectivity index (χ2v) is 5.60. The van der Waals surface area contributed by atoms with E-state index in [2.05, 4.69) is 30.5 Å². The molecule has 0 aliphatic rings. The summed E-state index contributed by atoms with van der Waals surface area (Å²) in [6.45, 7) is 7.42. The molecule has 1 aromatic rings. The number of hydrogen-bond donors (Lipinski definition) is 1. The first-order chi connectivity index (χ1) is 7.61. The summed E-state index contributed by atoms with van der Waals surface area (Å²) >= 11 is 1.82. The highest BCUT2D eigenvalue weighted by Gasteiger charge is 2.08. The average molecular weight is 239 g/mol. The predicted molar refractivity (Wildman–Crippen MR) is 70.8 cm³/mol. The molecule has 0 saturated carbocycles. The zero-order chi connectivity index (χ0) is 12.0. The van der Waals surface area contributed by atoms with Crippen LogP contribution in [-0.2, 0) is 6.54 Å². The minimum atomic E-state index is -0.246. The molecule has 0 bridgehead atoms. The van der Waals surface area contributed by atoms with Crippen molar-refractivity contribution in [2.24, 2.45) is 0 Å². The van der Waals surface area contributed by atoms with Crippen LogP contribution in [0.25, 0.3) is 0 Å². The fourth-order valence-corrected chi connectivity index (χ4v) is 2.63. The van der Waals surface area contributed by atoms with Gasteiger partial charge in [0.2, 0.25) is 0 Å². The van der Waals surface area contributed by atoms with E-state index in [9.17, 15) is 5.11 Å². The van der Waals surface area contributed by atoms with Crippen molar-refractivity contribution in [2.75, 3.05) is 13.6 Å². The van der Waals surface area contributed by atoms with Crippen LogP contribution < -0.4 is 0 Å². The molecule has 0 saturated heterocycles. The third-order valence-electron chi connectivity index (χ3n) is 2.45. The zero-order valence-electron chi connectivity index (χ0n) is 10.1. The Morgan fingerprint density at radius 1 is 1.56 bits per heavy atom. The first kappa shape index (κ1) is 13.4. The molecular formula is C13H21NOS. The maximum atomic E-state index is 9.75. The number of likely N-dealkylation sites (N-methyl/N-ethyl adjacent to an activating group) is 1. The maximum absolute atomic E-state index is 9.75. The summed E-state index contributed by atoms with van der Waals surface area (Å²) in [5.41, 5.74) is 0. The van der Waals surface area contributed by atoms with Crippen molar-refractivity contribution in [3.05, 3.63) is 34.5 Å². The minimum Gasteiger partial charge on any atom is -0.392 e. The Balaban J connectivity index is 2.29. The normalized spacial score (nSPS) is 13.0. The van der Waals surface area contributed by atoms with E-state index in [1.54, 1.807) is 0 Å². The van der Waals surface area contributed by atoms with Gasteiger partial charge < -0.3 is 5.11 Å². The maximum Gasteiger partial charge on any atom is 0.0670 e. The first-order valence-electron chi connectivity index (χ1n) is 5.64. The molecule has 0 aromatic carbocycles. The second kappa shape index (κ2) is 6.84. The predicted octanol–water partition coefficient (Wildman–Crippen LogP) is 2.82. The molecule has 3 heteroatoms. The number of hydrogen-bond acceptors (Lipinski definition) is 3. The van der Waals surface area contributed by atoms with Crippen molar-refractivity contribution >= 4 is 11.3 Å². The van der Waals surface area contributed by atoms with Crippen LogP contribution in [-0.4, -0.2) is 29.7 Å². The Kier molecular flexibility index (Phi) is 5.74. The summed E-state index contributed by atoms with van der Waals surface area (Å²) in [5, 5.41) is 9.75. The van der Waals surface area contributed by atoms with Gasteiger partial charge in [-0.2, -0.15) is 0 Å². The summed E-state index contributed by atoms with van der Waals surface area (Å²) in [4.78, 5) is 4.87. The van der Waals surface area contributed by atoms with Gasteiger partial charge in [0.05, 0.1) is 6.10 Å². The van der Waals surface area contributed by atoms with Gasteiger partial charge in [0.1, 0.15) is 0 Å². The SMILES string of the molecule is C=CCCC(O)CN(C)Cc1ccc(C)s1. The molecule has 1 N–H and O–H groups in total. The molecule has 0 radical (unpaired) electrons. The van der Waals surface area contributed by atoms with Gasteiger partial charge in [-0.3, -0.25) is 4.90 Å². The van der Waals surface area contributed by atoms with Gasteiger partial charge in [0.15, 0.2) is 0 Å². The van der Waals surface area contributed by atoms with Crippen LogP contribution in [0.2, 0.25) is 0 Å². The summed E-state index contributed by atoms with van der Waals surface area (Å²) in [6.07, 6.45) is 3.29. The fourth-order valence-electron chi connectivity index (χ4n) is 1.66. The molecular weight excluding hydrogens is 218 g/mol. The van der Waals surface area contributed by atoms with Crippen molar-refractivity contribution in [1.29, 1.82) is 0 Å². The molecule has 16 heavy (non-hydrogen) atoms. The highest BCUT2D eigenvalue weighted by molar-refractivity contribution is 7.11. The number of rotatable bonds is 7. The molecule has 0 fully saturated rings. The van der Waals surface area contributed by atoms with Gasteiger partial charge in [0.25, 0.3) is 0 Å². The standard InChI is InChI=1S/C13H21NOS/c1-4-5-6-12(15)9-14(3)10-13-8-7-11(2)16-13/h4,7-8,12,15H,1,5-6,9-10H2,2-3H3. The molecule has 0 aliphatic heterocycles. The molecule has 1 atom stereocenters. The number of aliphatic hydroxyl groups is 1. The number of thiophene rings is 1. The van der Waals surface area contributed by atoms with Crippen molar-refractivity contribution in [2.45, 2.75) is 32.4 Å². The monoisotopic (exact) mass is 239 g/mol. The Labute approximate surface area is 102 Å². The number of allylic oxidation sites excluding steroid dienone is 1. The third kappa shape index (κ3) is 4.92. The largest absolute Gasteiger partial charge is 0.392 e. The van der Waals surface area contributed by atoms with E-state index < -0.39 is 0 Å². The highest BCUT2D eigenvalue weighted by Crippen LogP contribution is 2.16. The Bertz CT molecular complexity index is 321. The van der Waals surface area contributed by atoms with E-state index in [0.29, 0.717) is 0 Å². The molecule has 90 valence electrons. The van der Waals surface area contributed by atoms with Gasteiger partial charge in [-0.1, -0.05) is 6.08 Å². The van der Waals surface area contributed by atoms with Crippen molar-refractivity contribution < 1.29 is 5.11 Å². The van der Waals surface area contributed by atoms with Crippen molar-refractivity contribution in [3.63, 3.8) is 0 Å².